The molecule has 1 saturated heterocycles. The Labute approximate surface area is 265 Å². The summed E-state index contributed by atoms with van der Waals surface area (Å²) in [5, 5.41) is 5.10. The number of anilines is 2. The number of nitrogens with one attached hydrogen (secondary N) is 2. The van der Waals surface area contributed by atoms with Gasteiger partial charge in [-0.05, 0) is 92.8 Å². The number of ketones is 1. The minimum atomic E-state index is -3.95. The Morgan fingerprint density at radius 3 is 2.41 bits per heavy atom. The van der Waals surface area contributed by atoms with Crippen LogP contribution in [0.25, 0.3) is 16.6 Å². The number of amides is 1. The van der Waals surface area contributed by atoms with Gasteiger partial charge in [-0.15, -0.1) is 0 Å². The Hall–Kier alpha value is -5.17. The molecule has 0 radical (unpaired) electrons. The van der Waals surface area contributed by atoms with Gasteiger partial charge in [-0.2, -0.15) is 5.10 Å². The lowest BCUT2D eigenvalue weighted by molar-refractivity contribution is -0.127. The molecule has 3 heterocycles. The van der Waals surface area contributed by atoms with E-state index in [0.29, 0.717) is 46.7 Å². The number of halogens is 1. The topological polar surface area (TPSA) is 152 Å². The number of carbonyl (C=O) groups is 2. The zero-order valence-electron chi connectivity index (χ0n) is 25.6. The molecule has 2 aromatic heterocycles. The first kappa shape index (κ1) is 30.8. The van der Waals surface area contributed by atoms with Crippen LogP contribution in [-0.4, -0.2) is 58.6 Å². The van der Waals surface area contributed by atoms with E-state index in [9.17, 15) is 22.4 Å². The average molecular weight is 645 g/mol. The zero-order valence-corrected chi connectivity index (χ0v) is 26.4. The molecular formula is C33H33FN6O5S. The fourth-order valence-corrected chi connectivity index (χ4v) is 6.91. The number of rotatable bonds is 9. The Bertz CT molecular complexity index is 2090. The molecule has 238 valence electrons. The van der Waals surface area contributed by atoms with Crippen molar-refractivity contribution in [3.8, 4) is 17.2 Å². The van der Waals surface area contributed by atoms with Crippen LogP contribution >= 0.6 is 0 Å². The van der Waals surface area contributed by atoms with Gasteiger partial charge in [-0.3, -0.25) is 14.3 Å². The number of nitrogen functional groups attached to an aromatic ring is 1. The van der Waals surface area contributed by atoms with Gasteiger partial charge in [0.15, 0.2) is 11.6 Å². The lowest BCUT2D eigenvalue weighted by atomic mass is 10.1. The van der Waals surface area contributed by atoms with Gasteiger partial charge >= 0.3 is 0 Å². The summed E-state index contributed by atoms with van der Waals surface area (Å²) in [6.07, 6.45) is 3.14. The van der Waals surface area contributed by atoms with E-state index >= 15 is 0 Å². The quantitative estimate of drug-likeness (QED) is 0.182. The van der Waals surface area contributed by atoms with E-state index in [4.69, 9.17) is 10.5 Å². The van der Waals surface area contributed by atoms with Crippen LogP contribution in [0, 0.1) is 26.6 Å². The van der Waals surface area contributed by atoms with Gasteiger partial charge in [-0.25, -0.2) is 17.5 Å². The van der Waals surface area contributed by atoms with Crippen LogP contribution < -0.4 is 15.2 Å². The summed E-state index contributed by atoms with van der Waals surface area (Å²) in [7, 11) is -3.95. The molecule has 1 fully saturated rings. The fourth-order valence-electron chi connectivity index (χ4n) is 5.77. The average Bonchev–Trinajstić information content (AvgIpc) is 3.75. The third-order valence-corrected chi connectivity index (χ3v) is 9.20. The van der Waals surface area contributed by atoms with Crippen molar-refractivity contribution < 1.29 is 27.1 Å². The number of fused-ring (bicyclic) bond motifs is 1. The predicted octanol–water partition coefficient (Wildman–Crippen LogP) is 5.39. The minimum Gasteiger partial charge on any atom is -0.454 e. The predicted molar refractivity (Wildman–Crippen MR) is 174 cm³/mol. The van der Waals surface area contributed by atoms with Crippen LogP contribution in [0.15, 0.2) is 60.8 Å². The summed E-state index contributed by atoms with van der Waals surface area (Å²) >= 11 is 0. The number of aromatic nitrogens is 3. The summed E-state index contributed by atoms with van der Waals surface area (Å²) in [6.45, 7) is 6.56. The molecule has 3 aromatic carbocycles. The number of H-pyrrole nitrogens is 1. The number of ether oxygens (including phenoxy) is 1. The normalized spacial score (nSPS) is 13.3. The number of hydrogen-bond acceptors (Lipinski definition) is 7. The highest BCUT2D eigenvalue weighted by molar-refractivity contribution is 7.93. The zero-order chi connectivity index (χ0) is 32.7. The molecule has 0 saturated carbocycles. The monoisotopic (exact) mass is 644 g/mol. The molecule has 5 aromatic rings. The van der Waals surface area contributed by atoms with E-state index in [1.807, 2.05) is 13.8 Å². The number of hydrogen-bond donors (Lipinski definition) is 3. The van der Waals surface area contributed by atoms with Gasteiger partial charge in [0.1, 0.15) is 17.3 Å². The molecule has 6 rings (SSSR count). The number of benzene rings is 3. The maximum atomic E-state index is 14.1. The summed E-state index contributed by atoms with van der Waals surface area (Å²) in [4.78, 5) is 30.7. The number of para-hydroxylation sites is 1. The lowest BCUT2D eigenvalue weighted by Crippen LogP contribution is -2.35. The molecule has 11 nitrogen and oxygen atoms in total. The Morgan fingerprint density at radius 2 is 1.72 bits per heavy atom. The summed E-state index contributed by atoms with van der Waals surface area (Å²) in [6, 6.07) is 14.6. The van der Waals surface area contributed by atoms with Crippen molar-refractivity contribution >= 4 is 44.1 Å². The number of aromatic amines is 1. The Balaban J connectivity index is 1.23. The second kappa shape index (κ2) is 12.0. The lowest BCUT2D eigenvalue weighted by Gasteiger charge is -2.16. The third kappa shape index (κ3) is 6.05. The first-order valence-electron chi connectivity index (χ1n) is 14.7. The molecule has 46 heavy (non-hydrogen) atoms. The highest BCUT2D eigenvalue weighted by Gasteiger charge is 2.25. The van der Waals surface area contributed by atoms with E-state index < -0.39 is 33.3 Å². The SMILES string of the molecule is Cc1cc2cc(C(=O)c3cnn(-c4c(C)cc(Oc5ccccc5F)cc4C)c3N)[nH]c2cc1NS(=O)(=O)CC(=O)N1CCCC1. The maximum absolute atomic E-state index is 14.1. The second-order valence-corrected chi connectivity index (χ2v) is 13.2. The van der Waals surface area contributed by atoms with E-state index in [1.54, 1.807) is 60.4 Å². The Morgan fingerprint density at radius 1 is 1.02 bits per heavy atom. The van der Waals surface area contributed by atoms with E-state index in [0.717, 1.165) is 24.0 Å². The molecule has 1 aliphatic heterocycles. The largest absolute Gasteiger partial charge is 0.454 e. The first-order valence-corrected chi connectivity index (χ1v) is 16.4. The first-order chi connectivity index (χ1) is 21.9. The number of likely N-dealkylation sites (tertiary alicyclic amines) is 1. The van der Waals surface area contributed by atoms with Crippen LogP contribution in [0.3, 0.4) is 0 Å². The highest BCUT2D eigenvalue weighted by atomic mass is 32.2. The Kier molecular flexibility index (Phi) is 8.03. The molecule has 13 heteroatoms. The van der Waals surface area contributed by atoms with Crippen LogP contribution in [0.4, 0.5) is 15.9 Å². The molecule has 1 aliphatic rings. The third-order valence-electron chi connectivity index (χ3n) is 8.04. The van der Waals surface area contributed by atoms with Crippen molar-refractivity contribution in [2.45, 2.75) is 33.6 Å². The summed E-state index contributed by atoms with van der Waals surface area (Å²) in [5.41, 5.74) is 10.5. The van der Waals surface area contributed by atoms with E-state index in [2.05, 4.69) is 14.8 Å². The van der Waals surface area contributed by atoms with Gasteiger partial charge in [0, 0.05) is 24.0 Å². The van der Waals surface area contributed by atoms with Crippen LogP contribution in [0.2, 0.25) is 0 Å². The molecule has 0 aliphatic carbocycles. The summed E-state index contributed by atoms with van der Waals surface area (Å²) in [5.74, 6) is -1.26. The van der Waals surface area contributed by atoms with Crippen LogP contribution in [0.5, 0.6) is 11.5 Å². The van der Waals surface area contributed by atoms with Crippen molar-refractivity contribution in [3.05, 3.63) is 94.6 Å². The molecule has 0 unspecified atom stereocenters. The fraction of sp³-hybridized carbons (Fsp3) is 0.242. The van der Waals surface area contributed by atoms with Crippen molar-refractivity contribution in [2.24, 2.45) is 0 Å². The number of nitrogens with zero attached hydrogens (tertiary/aromatic N) is 3. The van der Waals surface area contributed by atoms with Crippen molar-refractivity contribution in [1.82, 2.24) is 19.7 Å². The van der Waals surface area contributed by atoms with Crippen molar-refractivity contribution in [1.29, 1.82) is 0 Å². The number of sulfonamides is 1. The van der Waals surface area contributed by atoms with Gasteiger partial charge in [0.2, 0.25) is 21.7 Å². The molecule has 1 amide bonds. The van der Waals surface area contributed by atoms with Crippen molar-refractivity contribution in [3.63, 3.8) is 0 Å². The van der Waals surface area contributed by atoms with E-state index in [-0.39, 0.29) is 22.8 Å². The maximum Gasteiger partial charge on any atom is 0.241 e. The highest BCUT2D eigenvalue weighted by Crippen LogP contribution is 2.32. The minimum absolute atomic E-state index is 0.103. The second-order valence-electron chi connectivity index (χ2n) is 11.5. The van der Waals surface area contributed by atoms with Crippen LogP contribution in [-0.2, 0) is 14.8 Å². The number of aryl methyl sites for hydroxylation is 3. The molecule has 0 spiro atoms. The van der Waals surface area contributed by atoms with Crippen molar-refractivity contribution in [2.75, 3.05) is 29.3 Å². The summed E-state index contributed by atoms with van der Waals surface area (Å²) < 4.78 is 49.5. The van der Waals surface area contributed by atoms with Gasteiger partial charge in [0.05, 0.1) is 28.8 Å². The molecular weight excluding hydrogens is 611 g/mol. The van der Waals surface area contributed by atoms with E-state index in [1.165, 1.54) is 16.9 Å². The van der Waals surface area contributed by atoms with Crippen LogP contribution in [0.1, 0.15) is 45.6 Å². The van der Waals surface area contributed by atoms with Gasteiger partial charge in [-0.1, -0.05) is 12.1 Å². The standard InChI is InChI=1S/C33H33FN6O5S/c1-19-12-22-15-28(37-27(22)16-26(19)38-46(43,44)18-30(41)39-10-6-7-11-39)32(42)24-17-36-40(33(24)35)31-20(2)13-23(14-21(31)3)45-29-9-5-4-8-25(29)34/h4-5,8-9,12-17,37-38H,6-7,10-11,18,35H2,1-3H3. The molecule has 0 bridgehead atoms. The van der Waals surface area contributed by atoms with Gasteiger partial charge < -0.3 is 20.4 Å². The molecule has 0 atom stereocenters. The van der Waals surface area contributed by atoms with Gasteiger partial charge in [0.25, 0.3) is 0 Å². The number of nitrogens with two attached hydrogens (primary N) is 1. The molecule has 4 N–H and O–H groups in total. The number of carbonyl (C=O) groups excluding carboxylic acids is 2. The smallest absolute Gasteiger partial charge is 0.241 e.